The number of amides is 1. The molecule has 1 amide bonds. The molecular formula is C19H18N2O2S. The molecule has 0 spiro atoms. The van der Waals surface area contributed by atoms with E-state index in [4.69, 9.17) is 4.74 Å². The Hall–Kier alpha value is -2.53. The summed E-state index contributed by atoms with van der Waals surface area (Å²) in [4.78, 5) is 17.8. The highest BCUT2D eigenvalue weighted by Crippen LogP contribution is 2.28. The number of carbonyl (C=O) groups excluding carboxylic acids is 1. The summed E-state index contributed by atoms with van der Waals surface area (Å²) in [6.45, 7) is 0. The number of fused-ring (bicyclic) bond motifs is 1. The maximum atomic E-state index is 12.3. The monoisotopic (exact) mass is 338 g/mol. The van der Waals surface area contributed by atoms with Crippen LogP contribution in [0.4, 0.5) is 5.69 Å². The second-order valence-corrected chi connectivity index (χ2v) is 6.38. The third-order valence-electron chi connectivity index (χ3n) is 3.53. The fraction of sp³-hybridized carbons (Fsp3) is 0.158. The fourth-order valence-electron chi connectivity index (χ4n) is 2.37. The van der Waals surface area contributed by atoms with Crippen molar-refractivity contribution in [3.63, 3.8) is 0 Å². The van der Waals surface area contributed by atoms with E-state index < -0.39 is 0 Å². The van der Waals surface area contributed by atoms with Gasteiger partial charge in [0.25, 0.3) is 0 Å². The lowest BCUT2D eigenvalue weighted by Gasteiger charge is -2.10. The van der Waals surface area contributed by atoms with Gasteiger partial charge < -0.3 is 10.1 Å². The second-order valence-electron chi connectivity index (χ2n) is 5.21. The Balaban J connectivity index is 1.66. The summed E-state index contributed by atoms with van der Waals surface area (Å²) in [5, 5.41) is 3.89. The van der Waals surface area contributed by atoms with Gasteiger partial charge in [0.15, 0.2) is 0 Å². The standard InChI is InChI=1S/C19H18N2O2S/c1-23-15-12-14-6-5-10-20-19(14)17(13-15)21-18(22)9-11-24-16-7-3-2-4-8-16/h2-8,10,12-13H,9,11H2,1H3,(H,21,22). The van der Waals surface area contributed by atoms with Crippen LogP contribution in [0.2, 0.25) is 0 Å². The predicted octanol–water partition coefficient (Wildman–Crippen LogP) is 4.36. The van der Waals surface area contributed by atoms with E-state index >= 15 is 0 Å². The third kappa shape index (κ3) is 4.06. The number of pyridine rings is 1. The number of aromatic nitrogens is 1. The number of anilines is 1. The van der Waals surface area contributed by atoms with Crippen LogP contribution in [0.25, 0.3) is 10.9 Å². The molecule has 0 saturated carbocycles. The van der Waals surface area contributed by atoms with E-state index in [1.165, 1.54) is 4.90 Å². The number of hydrogen-bond donors (Lipinski definition) is 1. The molecule has 0 unspecified atom stereocenters. The van der Waals surface area contributed by atoms with Crippen LogP contribution in [-0.4, -0.2) is 23.8 Å². The Labute approximate surface area is 145 Å². The summed E-state index contributed by atoms with van der Waals surface area (Å²) in [5.74, 6) is 1.40. The first kappa shape index (κ1) is 16.3. The minimum Gasteiger partial charge on any atom is -0.497 e. The van der Waals surface area contributed by atoms with Crippen LogP contribution < -0.4 is 10.1 Å². The van der Waals surface area contributed by atoms with Crippen molar-refractivity contribution in [3.8, 4) is 5.75 Å². The minimum absolute atomic E-state index is 0.0290. The van der Waals surface area contributed by atoms with E-state index in [-0.39, 0.29) is 5.91 Å². The van der Waals surface area contributed by atoms with Crippen LogP contribution in [0.5, 0.6) is 5.75 Å². The number of nitrogens with one attached hydrogen (secondary N) is 1. The molecule has 1 heterocycles. The Morgan fingerprint density at radius 2 is 2.00 bits per heavy atom. The number of rotatable bonds is 6. The lowest BCUT2D eigenvalue weighted by atomic mass is 10.1. The average molecular weight is 338 g/mol. The van der Waals surface area contributed by atoms with E-state index in [9.17, 15) is 4.79 Å². The van der Waals surface area contributed by atoms with Gasteiger partial charge >= 0.3 is 0 Å². The van der Waals surface area contributed by atoms with Crippen molar-refractivity contribution in [1.82, 2.24) is 4.98 Å². The molecule has 24 heavy (non-hydrogen) atoms. The molecule has 3 rings (SSSR count). The first-order valence-electron chi connectivity index (χ1n) is 7.67. The zero-order valence-electron chi connectivity index (χ0n) is 13.4. The van der Waals surface area contributed by atoms with Crippen LogP contribution in [0, 0.1) is 0 Å². The summed E-state index contributed by atoms with van der Waals surface area (Å²) in [7, 11) is 1.61. The second kappa shape index (κ2) is 7.84. The minimum atomic E-state index is -0.0290. The zero-order chi connectivity index (χ0) is 16.8. The molecule has 1 aromatic heterocycles. The molecule has 3 aromatic rings. The normalized spacial score (nSPS) is 10.5. The van der Waals surface area contributed by atoms with Gasteiger partial charge in [-0.05, 0) is 24.3 Å². The van der Waals surface area contributed by atoms with Crippen LogP contribution in [-0.2, 0) is 4.79 Å². The zero-order valence-corrected chi connectivity index (χ0v) is 14.2. The summed E-state index contributed by atoms with van der Waals surface area (Å²) >= 11 is 1.67. The van der Waals surface area contributed by atoms with Crippen molar-refractivity contribution in [2.24, 2.45) is 0 Å². The number of carbonyl (C=O) groups is 1. The summed E-state index contributed by atoms with van der Waals surface area (Å²) in [6, 6.07) is 17.6. The van der Waals surface area contributed by atoms with Gasteiger partial charge in [-0.25, -0.2) is 0 Å². The van der Waals surface area contributed by atoms with Crippen molar-refractivity contribution < 1.29 is 9.53 Å². The Kier molecular flexibility index (Phi) is 5.33. The maximum Gasteiger partial charge on any atom is 0.225 e. The number of nitrogens with zero attached hydrogens (tertiary/aromatic N) is 1. The van der Waals surface area contributed by atoms with E-state index in [0.717, 1.165) is 16.7 Å². The van der Waals surface area contributed by atoms with Gasteiger partial charge in [0, 0.05) is 34.7 Å². The lowest BCUT2D eigenvalue weighted by molar-refractivity contribution is -0.115. The quantitative estimate of drug-likeness (QED) is 0.678. The SMILES string of the molecule is COc1cc(NC(=O)CCSc2ccccc2)c2ncccc2c1. The highest BCUT2D eigenvalue weighted by molar-refractivity contribution is 7.99. The van der Waals surface area contributed by atoms with Crippen molar-refractivity contribution in [3.05, 3.63) is 60.8 Å². The Morgan fingerprint density at radius 1 is 1.17 bits per heavy atom. The molecule has 2 aromatic carbocycles. The highest BCUT2D eigenvalue weighted by atomic mass is 32.2. The maximum absolute atomic E-state index is 12.3. The van der Waals surface area contributed by atoms with Crippen molar-refractivity contribution in [2.75, 3.05) is 18.2 Å². The highest BCUT2D eigenvalue weighted by Gasteiger charge is 2.09. The molecule has 0 aliphatic carbocycles. The van der Waals surface area contributed by atoms with Gasteiger partial charge in [-0.2, -0.15) is 0 Å². The molecule has 0 aliphatic heterocycles. The van der Waals surface area contributed by atoms with Gasteiger partial charge in [0.05, 0.1) is 18.3 Å². The number of ether oxygens (including phenoxy) is 1. The molecule has 0 atom stereocenters. The number of thioether (sulfide) groups is 1. The van der Waals surface area contributed by atoms with Crippen LogP contribution >= 0.6 is 11.8 Å². The van der Waals surface area contributed by atoms with E-state index in [0.29, 0.717) is 17.9 Å². The Morgan fingerprint density at radius 3 is 2.79 bits per heavy atom. The molecule has 0 aliphatic rings. The predicted molar refractivity (Wildman–Crippen MR) is 98.7 cm³/mol. The van der Waals surface area contributed by atoms with Gasteiger partial charge in [-0.1, -0.05) is 24.3 Å². The van der Waals surface area contributed by atoms with Crippen molar-refractivity contribution in [2.45, 2.75) is 11.3 Å². The summed E-state index contributed by atoms with van der Waals surface area (Å²) < 4.78 is 5.30. The van der Waals surface area contributed by atoms with Gasteiger partial charge in [0.1, 0.15) is 5.75 Å². The van der Waals surface area contributed by atoms with Crippen LogP contribution in [0.1, 0.15) is 6.42 Å². The summed E-state index contributed by atoms with van der Waals surface area (Å²) in [5.41, 5.74) is 1.45. The molecule has 122 valence electrons. The third-order valence-corrected chi connectivity index (χ3v) is 4.54. The smallest absolute Gasteiger partial charge is 0.225 e. The largest absolute Gasteiger partial charge is 0.497 e. The molecule has 5 heteroatoms. The fourth-order valence-corrected chi connectivity index (χ4v) is 3.24. The molecule has 0 fully saturated rings. The van der Waals surface area contributed by atoms with Crippen molar-refractivity contribution >= 4 is 34.3 Å². The van der Waals surface area contributed by atoms with E-state index in [1.54, 1.807) is 31.1 Å². The number of hydrogen-bond acceptors (Lipinski definition) is 4. The molecule has 0 saturated heterocycles. The molecule has 0 bridgehead atoms. The van der Waals surface area contributed by atoms with Crippen LogP contribution in [0.15, 0.2) is 65.7 Å². The van der Waals surface area contributed by atoms with Crippen LogP contribution in [0.3, 0.4) is 0 Å². The summed E-state index contributed by atoms with van der Waals surface area (Å²) in [6.07, 6.45) is 2.15. The first-order valence-corrected chi connectivity index (χ1v) is 8.65. The van der Waals surface area contributed by atoms with Crippen molar-refractivity contribution in [1.29, 1.82) is 0 Å². The number of methoxy groups -OCH3 is 1. The van der Waals surface area contributed by atoms with E-state index in [1.807, 2.05) is 48.5 Å². The molecule has 1 N–H and O–H groups in total. The van der Waals surface area contributed by atoms with Gasteiger partial charge in [-0.3, -0.25) is 9.78 Å². The molecule has 0 radical (unpaired) electrons. The van der Waals surface area contributed by atoms with Gasteiger partial charge in [0.2, 0.25) is 5.91 Å². The van der Waals surface area contributed by atoms with E-state index in [2.05, 4.69) is 10.3 Å². The topological polar surface area (TPSA) is 51.2 Å². The average Bonchev–Trinajstić information content (AvgIpc) is 2.62. The molecule has 4 nitrogen and oxygen atoms in total. The Bertz CT molecular complexity index is 837. The first-order chi connectivity index (χ1) is 11.8. The molecular weight excluding hydrogens is 320 g/mol. The van der Waals surface area contributed by atoms with Gasteiger partial charge in [-0.15, -0.1) is 11.8 Å². The lowest BCUT2D eigenvalue weighted by Crippen LogP contribution is -2.12. The number of benzene rings is 2.